The maximum absolute atomic E-state index is 12.9. The number of hydrogen-bond donors (Lipinski definition) is 0. The van der Waals surface area contributed by atoms with E-state index in [2.05, 4.69) is 0 Å². The van der Waals surface area contributed by atoms with E-state index in [4.69, 9.17) is 9.15 Å². The first-order chi connectivity index (χ1) is 12.8. The molecule has 1 aromatic carbocycles. The highest BCUT2D eigenvalue weighted by molar-refractivity contribution is 7.99. The average Bonchev–Trinajstić information content (AvgIpc) is 2.65. The highest BCUT2D eigenvalue weighted by Gasteiger charge is 2.27. The van der Waals surface area contributed by atoms with Crippen molar-refractivity contribution in [1.82, 2.24) is 4.90 Å². The summed E-state index contributed by atoms with van der Waals surface area (Å²) in [6.07, 6.45) is 1.44. The van der Waals surface area contributed by atoms with Crippen molar-refractivity contribution < 1.29 is 13.9 Å². The van der Waals surface area contributed by atoms with E-state index in [-0.39, 0.29) is 17.6 Å². The van der Waals surface area contributed by atoms with E-state index >= 15 is 0 Å². The van der Waals surface area contributed by atoms with Gasteiger partial charge in [-0.3, -0.25) is 4.79 Å². The molecule has 1 aliphatic rings. The van der Waals surface area contributed by atoms with Crippen LogP contribution in [-0.2, 0) is 4.79 Å². The third-order valence-electron chi connectivity index (χ3n) is 5.39. The summed E-state index contributed by atoms with van der Waals surface area (Å²) in [4.78, 5) is 26.7. The molecule has 146 valence electrons. The molecule has 3 rings (SSSR count). The molecule has 2 heterocycles. The number of thioether (sulfide) groups is 1. The average molecular weight is 390 g/mol. The first-order valence-corrected chi connectivity index (χ1v) is 10.5. The number of amides is 1. The predicted molar refractivity (Wildman–Crippen MR) is 110 cm³/mol. The Morgan fingerprint density at radius 3 is 2.56 bits per heavy atom. The summed E-state index contributed by atoms with van der Waals surface area (Å²) in [6, 6.07) is 4.01. The second-order valence-corrected chi connectivity index (χ2v) is 8.55. The van der Waals surface area contributed by atoms with E-state index in [1.54, 1.807) is 13.8 Å². The fraction of sp³-hybridized carbons (Fsp3) is 0.524. The van der Waals surface area contributed by atoms with Crippen molar-refractivity contribution in [3.05, 3.63) is 39.2 Å². The van der Waals surface area contributed by atoms with Gasteiger partial charge in [-0.2, -0.15) is 11.8 Å². The number of hydrogen-bond acceptors (Lipinski definition) is 5. The molecule has 2 aromatic rings. The minimum Gasteiger partial charge on any atom is -0.480 e. The number of aryl methyl sites for hydroxylation is 2. The Bertz CT molecular complexity index is 915. The van der Waals surface area contributed by atoms with Crippen LogP contribution in [0.4, 0.5) is 0 Å². The zero-order valence-electron chi connectivity index (χ0n) is 16.6. The van der Waals surface area contributed by atoms with Gasteiger partial charge in [0.1, 0.15) is 11.3 Å². The molecule has 0 spiro atoms. The van der Waals surface area contributed by atoms with Gasteiger partial charge in [0.05, 0.1) is 5.39 Å². The molecule has 0 aliphatic carbocycles. The lowest BCUT2D eigenvalue weighted by Gasteiger charge is -2.32. The van der Waals surface area contributed by atoms with Crippen LogP contribution in [0.15, 0.2) is 21.3 Å². The van der Waals surface area contributed by atoms with Gasteiger partial charge in [0.25, 0.3) is 5.91 Å². The molecule has 1 atom stereocenters. The molecule has 1 aromatic heterocycles. The van der Waals surface area contributed by atoms with Crippen LogP contribution in [0.3, 0.4) is 0 Å². The first kappa shape index (κ1) is 19.8. The van der Waals surface area contributed by atoms with Crippen molar-refractivity contribution >= 4 is 28.6 Å². The molecule has 6 heteroatoms. The maximum atomic E-state index is 12.9. The normalized spacial score (nSPS) is 16.3. The van der Waals surface area contributed by atoms with E-state index in [0.717, 1.165) is 40.9 Å². The van der Waals surface area contributed by atoms with Crippen molar-refractivity contribution in [2.45, 2.75) is 52.7 Å². The van der Waals surface area contributed by atoms with E-state index < -0.39 is 6.10 Å². The lowest BCUT2D eigenvalue weighted by Crippen LogP contribution is -2.45. The van der Waals surface area contributed by atoms with Gasteiger partial charge in [0, 0.05) is 18.7 Å². The van der Waals surface area contributed by atoms with Crippen LogP contribution < -0.4 is 10.4 Å². The fourth-order valence-electron chi connectivity index (χ4n) is 3.56. The summed E-state index contributed by atoms with van der Waals surface area (Å²) >= 11 is 1.94. The molecule has 1 fully saturated rings. The minimum atomic E-state index is -0.610. The molecule has 0 N–H and O–H groups in total. The zero-order valence-corrected chi connectivity index (χ0v) is 17.4. The lowest BCUT2D eigenvalue weighted by atomic mass is 10.0. The molecule has 1 unspecified atom stereocenters. The fourth-order valence-corrected chi connectivity index (χ4v) is 4.64. The van der Waals surface area contributed by atoms with Gasteiger partial charge in [0.15, 0.2) is 6.10 Å². The number of rotatable bonds is 4. The molecule has 27 heavy (non-hydrogen) atoms. The van der Waals surface area contributed by atoms with Crippen molar-refractivity contribution in [3.8, 4) is 5.75 Å². The number of benzene rings is 1. The third kappa shape index (κ3) is 4.00. The highest BCUT2D eigenvalue weighted by atomic mass is 32.2. The third-order valence-corrected chi connectivity index (χ3v) is 6.44. The molecular formula is C21H27NO4S. The lowest BCUT2D eigenvalue weighted by molar-refractivity contribution is -0.138. The summed E-state index contributed by atoms with van der Waals surface area (Å²) in [5.74, 6) is 2.76. The summed E-state index contributed by atoms with van der Waals surface area (Å²) in [7, 11) is 1.87. The van der Waals surface area contributed by atoms with E-state index in [1.807, 2.05) is 49.7 Å². The Labute approximate surface area is 164 Å². The SMILES string of the molecule is Cc1cc(OC(C)C(=O)N(C)C2CCSCC2)c2c(C)c(C)c(=O)oc2c1. The predicted octanol–water partition coefficient (Wildman–Crippen LogP) is 3.84. The molecule has 0 radical (unpaired) electrons. The van der Waals surface area contributed by atoms with Crippen molar-refractivity contribution in [2.75, 3.05) is 18.6 Å². The Morgan fingerprint density at radius 2 is 1.89 bits per heavy atom. The van der Waals surface area contributed by atoms with E-state index in [1.165, 1.54) is 0 Å². The number of ether oxygens (including phenoxy) is 1. The van der Waals surface area contributed by atoms with Gasteiger partial charge in [-0.25, -0.2) is 4.79 Å². The molecule has 1 amide bonds. The smallest absolute Gasteiger partial charge is 0.339 e. The van der Waals surface area contributed by atoms with Gasteiger partial charge in [0.2, 0.25) is 0 Å². The maximum Gasteiger partial charge on any atom is 0.339 e. The first-order valence-electron chi connectivity index (χ1n) is 9.35. The molecular weight excluding hydrogens is 362 g/mol. The van der Waals surface area contributed by atoms with Gasteiger partial charge in [-0.15, -0.1) is 0 Å². The molecule has 1 saturated heterocycles. The second-order valence-electron chi connectivity index (χ2n) is 7.33. The largest absolute Gasteiger partial charge is 0.480 e. The van der Waals surface area contributed by atoms with Crippen LogP contribution in [-0.4, -0.2) is 41.5 Å². The van der Waals surface area contributed by atoms with Crippen LogP contribution in [0.2, 0.25) is 0 Å². The Hall–Kier alpha value is -1.95. The Balaban J connectivity index is 1.90. The van der Waals surface area contributed by atoms with Crippen molar-refractivity contribution in [3.63, 3.8) is 0 Å². The summed E-state index contributed by atoms with van der Waals surface area (Å²) < 4.78 is 11.5. The van der Waals surface area contributed by atoms with Crippen LogP contribution in [0.5, 0.6) is 5.75 Å². The summed E-state index contributed by atoms with van der Waals surface area (Å²) in [6.45, 7) is 7.33. The second kappa shape index (κ2) is 7.97. The quantitative estimate of drug-likeness (QED) is 0.744. The van der Waals surface area contributed by atoms with E-state index in [9.17, 15) is 9.59 Å². The molecule has 0 saturated carbocycles. The van der Waals surface area contributed by atoms with Crippen molar-refractivity contribution in [2.24, 2.45) is 0 Å². The monoisotopic (exact) mass is 389 g/mol. The molecule has 5 nitrogen and oxygen atoms in total. The highest BCUT2D eigenvalue weighted by Crippen LogP contribution is 2.32. The number of likely N-dealkylation sites (N-methyl/N-ethyl adjacent to an activating group) is 1. The minimum absolute atomic E-state index is 0.0201. The Morgan fingerprint density at radius 1 is 1.22 bits per heavy atom. The summed E-state index contributed by atoms with van der Waals surface area (Å²) in [5.41, 5.74) is 2.47. The van der Waals surface area contributed by atoms with Crippen LogP contribution >= 0.6 is 11.8 Å². The van der Waals surface area contributed by atoms with Gasteiger partial charge in [-0.1, -0.05) is 0 Å². The van der Waals surface area contributed by atoms with Gasteiger partial charge in [-0.05, 0) is 75.3 Å². The number of carbonyl (C=O) groups is 1. The van der Waals surface area contributed by atoms with Crippen LogP contribution in [0.25, 0.3) is 11.0 Å². The van der Waals surface area contributed by atoms with Gasteiger partial charge >= 0.3 is 5.63 Å². The topological polar surface area (TPSA) is 59.8 Å². The Kier molecular flexibility index (Phi) is 5.84. The zero-order chi connectivity index (χ0) is 19.7. The number of carbonyl (C=O) groups excluding carboxylic acids is 1. The van der Waals surface area contributed by atoms with Gasteiger partial charge < -0.3 is 14.1 Å². The molecule has 1 aliphatic heterocycles. The number of nitrogens with zero attached hydrogens (tertiary/aromatic N) is 1. The summed E-state index contributed by atoms with van der Waals surface area (Å²) in [5, 5.41) is 0.758. The molecule has 0 bridgehead atoms. The van der Waals surface area contributed by atoms with E-state index in [0.29, 0.717) is 16.9 Å². The number of fused-ring (bicyclic) bond motifs is 1. The standard InChI is InChI=1S/C21H27NO4S/c1-12-10-17(19-13(2)14(3)21(24)26-18(19)11-12)25-15(4)20(23)22(5)16-6-8-27-9-7-16/h10-11,15-16H,6-9H2,1-5H3. The van der Waals surface area contributed by atoms with Crippen LogP contribution in [0, 0.1) is 20.8 Å². The van der Waals surface area contributed by atoms with Crippen molar-refractivity contribution in [1.29, 1.82) is 0 Å². The van der Waals surface area contributed by atoms with Crippen LogP contribution in [0.1, 0.15) is 36.5 Å².